The summed E-state index contributed by atoms with van der Waals surface area (Å²) in [5, 5.41) is 59.3. The summed E-state index contributed by atoms with van der Waals surface area (Å²) in [5.41, 5.74) is -4.81. The number of methoxy groups -OCH3 is 4. The Kier molecular flexibility index (Phi) is 5.40. The zero-order valence-electron chi connectivity index (χ0n) is 21.2. The summed E-state index contributed by atoms with van der Waals surface area (Å²) in [6.45, 7) is 3.58. The summed E-state index contributed by atoms with van der Waals surface area (Å²) in [6, 6.07) is -0.240. The van der Waals surface area contributed by atoms with Crippen LogP contribution in [-0.4, -0.2) is 132 Å². The van der Waals surface area contributed by atoms with Gasteiger partial charge in [-0.15, -0.1) is 0 Å². The van der Waals surface area contributed by atoms with Gasteiger partial charge in [0.25, 0.3) is 0 Å². The molecule has 1 heterocycles. The second-order valence-corrected chi connectivity index (χ2v) is 12.1. The number of fused-ring (bicyclic) bond motifs is 2. The maximum absolute atomic E-state index is 12.6. The molecule has 1 unspecified atom stereocenters. The summed E-state index contributed by atoms with van der Waals surface area (Å²) in [5.74, 6) is -2.04. The largest absolute Gasteiger partial charge is 0.392 e. The van der Waals surface area contributed by atoms with Crippen LogP contribution in [0.1, 0.15) is 19.8 Å². The minimum Gasteiger partial charge on any atom is -0.392 e. The highest BCUT2D eigenvalue weighted by atomic mass is 16.5. The van der Waals surface area contributed by atoms with Crippen molar-refractivity contribution in [2.24, 2.45) is 34.5 Å². The zero-order chi connectivity index (χ0) is 25.3. The topological polar surface area (TPSA) is 141 Å². The van der Waals surface area contributed by atoms with Crippen LogP contribution in [0.3, 0.4) is 0 Å². The van der Waals surface area contributed by atoms with Gasteiger partial charge >= 0.3 is 0 Å². The zero-order valence-corrected chi connectivity index (χ0v) is 21.2. The Labute approximate surface area is 206 Å². The van der Waals surface area contributed by atoms with Crippen molar-refractivity contribution in [3.05, 3.63) is 0 Å². The first-order chi connectivity index (χ1) is 16.6. The maximum atomic E-state index is 12.6. The van der Waals surface area contributed by atoms with Crippen molar-refractivity contribution >= 4 is 0 Å². The lowest BCUT2D eigenvalue weighted by molar-refractivity contribution is -0.320. The molecule has 5 N–H and O–H groups in total. The normalized spacial score (nSPS) is 62.4. The lowest BCUT2D eigenvalue weighted by Gasteiger charge is -2.70. The summed E-state index contributed by atoms with van der Waals surface area (Å²) in [7, 11) is 6.29. The van der Waals surface area contributed by atoms with E-state index in [0.717, 1.165) is 0 Å². The predicted molar refractivity (Wildman–Crippen MR) is 121 cm³/mol. The quantitative estimate of drug-likeness (QED) is 0.285. The van der Waals surface area contributed by atoms with Crippen molar-refractivity contribution in [2.75, 3.05) is 48.1 Å². The Hall–Kier alpha value is -0.400. The number of aliphatic hydroxyl groups excluding tert-OH is 3. The van der Waals surface area contributed by atoms with Gasteiger partial charge in [-0.25, -0.2) is 0 Å². The maximum Gasteiger partial charge on any atom is 0.120 e. The van der Waals surface area contributed by atoms with E-state index in [-0.39, 0.29) is 18.4 Å². The third-order valence-corrected chi connectivity index (χ3v) is 11.7. The van der Waals surface area contributed by atoms with Crippen LogP contribution >= 0.6 is 0 Å². The van der Waals surface area contributed by atoms with E-state index in [1.165, 1.54) is 7.11 Å². The average Bonchev–Trinajstić information content (AvgIpc) is 3.19. The molecule has 7 bridgehead atoms. The van der Waals surface area contributed by atoms with Gasteiger partial charge in [-0.2, -0.15) is 0 Å². The third kappa shape index (κ3) is 2.35. The Morgan fingerprint density at radius 2 is 1.66 bits per heavy atom. The number of piperidine rings is 1. The highest BCUT2D eigenvalue weighted by Gasteiger charge is 2.90. The highest BCUT2D eigenvalue weighted by molar-refractivity contribution is 5.39. The molecule has 5 saturated carbocycles. The van der Waals surface area contributed by atoms with E-state index in [0.29, 0.717) is 26.1 Å². The number of aliphatic hydroxyl groups is 5. The Morgan fingerprint density at radius 3 is 2.23 bits per heavy atom. The molecular weight excluding hydrogens is 458 g/mol. The highest BCUT2D eigenvalue weighted by Crippen LogP contribution is 2.79. The van der Waals surface area contributed by atoms with Crippen molar-refractivity contribution < 1.29 is 44.5 Å². The molecular formula is C25H41NO9. The molecule has 0 amide bonds. The molecule has 15 atom stereocenters. The molecule has 0 radical (unpaired) electrons. The lowest BCUT2D eigenvalue weighted by atomic mass is 9.42. The fraction of sp³-hybridized carbons (Fsp3) is 1.00. The molecule has 6 aliphatic rings. The lowest BCUT2D eigenvalue weighted by Crippen LogP contribution is -2.81. The fourth-order valence-corrected chi connectivity index (χ4v) is 11.0. The molecule has 0 aromatic heterocycles. The molecule has 1 saturated heterocycles. The number of nitrogens with zero attached hydrogens (tertiary/aromatic N) is 1. The Morgan fingerprint density at radius 1 is 0.943 bits per heavy atom. The van der Waals surface area contributed by atoms with Gasteiger partial charge < -0.3 is 44.5 Å². The van der Waals surface area contributed by atoms with E-state index in [1.54, 1.807) is 21.3 Å². The van der Waals surface area contributed by atoms with Crippen LogP contribution in [-0.2, 0) is 18.9 Å². The van der Waals surface area contributed by atoms with Crippen LogP contribution in [0, 0.1) is 34.5 Å². The van der Waals surface area contributed by atoms with Gasteiger partial charge in [-0.3, -0.25) is 4.90 Å². The predicted octanol–water partition coefficient (Wildman–Crippen LogP) is -1.79. The molecule has 1 aliphatic heterocycles. The number of hydrogen-bond donors (Lipinski definition) is 5. The van der Waals surface area contributed by atoms with E-state index in [1.807, 2.05) is 0 Å². The smallest absolute Gasteiger partial charge is 0.120 e. The number of rotatable bonds is 6. The van der Waals surface area contributed by atoms with Crippen molar-refractivity contribution in [3.8, 4) is 0 Å². The summed E-state index contributed by atoms with van der Waals surface area (Å²) >= 11 is 0. The van der Waals surface area contributed by atoms with Crippen LogP contribution < -0.4 is 0 Å². The molecule has 10 nitrogen and oxygen atoms in total. The van der Waals surface area contributed by atoms with Crippen molar-refractivity contribution in [2.45, 2.75) is 73.6 Å². The molecule has 10 heteroatoms. The monoisotopic (exact) mass is 499 g/mol. The second-order valence-electron chi connectivity index (χ2n) is 12.1. The van der Waals surface area contributed by atoms with Crippen molar-refractivity contribution in [3.63, 3.8) is 0 Å². The molecule has 5 aliphatic carbocycles. The van der Waals surface area contributed by atoms with E-state index >= 15 is 0 Å². The standard InChI is InChI=1S/C25H41NO9/c1-6-26-9-22(10-32-2)12(27)7-13(33-3)24-11-8-23(30)19(28)14(11)25(31,20(29)21(23)35-5)15(18(24)26)16(34-4)17(22)24/h11-21,27-31H,6-10H2,1-5H3/t11-,12-,13?,14-,15+,16+,17-,18-,19-,20+,21+,22+,23+,24+,25-/m1/s1. The summed E-state index contributed by atoms with van der Waals surface area (Å²) in [6.07, 6.45) is -4.95. The van der Waals surface area contributed by atoms with Crippen LogP contribution in [0.15, 0.2) is 0 Å². The first-order valence-electron chi connectivity index (χ1n) is 12.9. The van der Waals surface area contributed by atoms with Crippen LogP contribution in [0.2, 0.25) is 0 Å². The molecule has 35 heavy (non-hydrogen) atoms. The van der Waals surface area contributed by atoms with Crippen LogP contribution in [0.4, 0.5) is 0 Å². The Bertz CT molecular complexity index is 878. The summed E-state index contributed by atoms with van der Waals surface area (Å²) in [4.78, 5) is 2.29. The number of hydrogen-bond acceptors (Lipinski definition) is 10. The van der Waals surface area contributed by atoms with Gasteiger partial charge in [-0.1, -0.05) is 6.92 Å². The van der Waals surface area contributed by atoms with E-state index in [4.69, 9.17) is 18.9 Å². The van der Waals surface area contributed by atoms with Gasteiger partial charge in [0.2, 0.25) is 0 Å². The first kappa shape index (κ1) is 24.9. The molecule has 1 spiro atoms. The van der Waals surface area contributed by atoms with Crippen LogP contribution in [0.5, 0.6) is 0 Å². The molecule has 0 aromatic carbocycles. The van der Waals surface area contributed by atoms with Gasteiger partial charge in [0, 0.05) is 76.0 Å². The van der Waals surface area contributed by atoms with Crippen molar-refractivity contribution in [1.82, 2.24) is 4.90 Å². The Balaban J connectivity index is 1.68. The molecule has 6 fully saturated rings. The first-order valence-corrected chi connectivity index (χ1v) is 12.9. The van der Waals surface area contributed by atoms with Crippen LogP contribution in [0.25, 0.3) is 0 Å². The number of likely N-dealkylation sites (tertiary alicyclic amines) is 1. The second kappa shape index (κ2) is 7.59. The SMILES string of the molecule is CCN1C[C@]2(COC)[C@H](O)CC(OC)[C@@]34[C@@H]5C[C@]6(O)[C@H](O)[C@@H]5[C@@](O)([C@@H]([C@H](OC)[C@H]23)[C@@H]14)[C@@H](O)[C@@H]6OC. The number of ether oxygens (including phenoxy) is 4. The van der Waals surface area contributed by atoms with Gasteiger partial charge in [0.05, 0.1) is 31.0 Å². The van der Waals surface area contributed by atoms with E-state index in [9.17, 15) is 25.5 Å². The van der Waals surface area contributed by atoms with Gasteiger partial charge in [0.15, 0.2) is 0 Å². The molecule has 6 rings (SSSR count). The average molecular weight is 500 g/mol. The fourth-order valence-electron chi connectivity index (χ4n) is 11.0. The minimum absolute atomic E-state index is 0.156. The van der Waals surface area contributed by atoms with E-state index in [2.05, 4.69) is 11.8 Å². The minimum atomic E-state index is -1.76. The van der Waals surface area contributed by atoms with E-state index < -0.39 is 76.4 Å². The third-order valence-electron chi connectivity index (χ3n) is 11.7. The van der Waals surface area contributed by atoms with Gasteiger partial charge in [0.1, 0.15) is 23.4 Å². The van der Waals surface area contributed by atoms with Gasteiger partial charge in [-0.05, 0) is 18.9 Å². The van der Waals surface area contributed by atoms with Crippen molar-refractivity contribution in [1.29, 1.82) is 0 Å². The molecule has 0 aromatic rings. The molecule has 200 valence electrons. The summed E-state index contributed by atoms with van der Waals surface area (Å²) < 4.78 is 23.7.